The van der Waals surface area contributed by atoms with E-state index < -0.39 is 0 Å². The van der Waals surface area contributed by atoms with Gasteiger partial charge in [-0.15, -0.1) is 0 Å². The van der Waals surface area contributed by atoms with Gasteiger partial charge in [0.1, 0.15) is 5.82 Å². The first kappa shape index (κ1) is 16.4. The van der Waals surface area contributed by atoms with Gasteiger partial charge in [0.25, 0.3) is 0 Å². The van der Waals surface area contributed by atoms with Crippen LogP contribution in [0.3, 0.4) is 0 Å². The molecule has 0 radical (unpaired) electrons. The molecule has 1 aliphatic rings. The first-order valence-electron chi connectivity index (χ1n) is 8.19. The van der Waals surface area contributed by atoms with Crippen LogP contribution in [0.4, 0.5) is 5.82 Å². The summed E-state index contributed by atoms with van der Waals surface area (Å²) in [5.41, 5.74) is 1.13. The van der Waals surface area contributed by atoms with Gasteiger partial charge in [-0.05, 0) is 49.2 Å². The number of unbranched alkanes of at least 4 members (excludes halogenated alkanes) is 1. The van der Waals surface area contributed by atoms with Crippen molar-refractivity contribution >= 4 is 5.82 Å². The number of hydrogen-bond acceptors (Lipinski definition) is 6. The number of aromatic nitrogens is 1. The van der Waals surface area contributed by atoms with Gasteiger partial charge in [0.15, 0.2) is 11.5 Å². The number of ether oxygens (including phenoxy) is 3. The Morgan fingerprint density at radius 1 is 1.17 bits per heavy atom. The Morgan fingerprint density at radius 2 is 2.08 bits per heavy atom. The van der Waals surface area contributed by atoms with Crippen molar-refractivity contribution in [1.29, 1.82) is 0 Å². The van der Waals surface area contributed by atoms with E-state index in [0.29, 0.717) is 5.75 Å². The highest BCUT2D eigenvalue weighted by atomic mass is 16.7. The van der Waals surface area contributed by atoms with Crippen LogP contribution in [0, 0.1) is 0 Å². The van der Waals surface area contributed by atoms with E-state index in [4.69, 9.17) is 14.2 Å². The van der Waals surface area contributed by atoms with Crippen LogP contribution in [0.1, 0.15) is 18.4 Å². The summed E-state index contributed by atoms with van der Waals surface area (Å²) < 4.78 is 16.2. The van der Waals surface area contributed by atoms with Gasteiger partial charge in [-0.2, -0.15) is 0 Å². The van der Waals surface area contributed by atoms with Gasteiger partial charge in [-0.25, -0.2) is 4.98 Å². The van der Waals surface area contributed by atoms with Crippen molar-refractivity contribution in [3.63, 3.8) is 0 Å². The zero-order valence-corrected chi connectivity index (χ0v) is 13.9. The highest BCUT2D eigenvalue weighted by Crippen LogP contribution is 2.41. The molecule has 0 bridgehead atoms. The Bertz CT molecular complexity index is 649. The molecule has 0 spiro atoms. The van der Waals surface area contributed by atoms with Gasteiger partial charge < -0.3 is 24.8 Å². The average molecular weight is 329 g/mol. The van der Waals surface area contributed by atoms with Crippen LogP contribution in [0.5, 0.6) is 17.2 Å². The molecule has 0 saturated carbocycles. The van der Waals surface area contributed by atoms with Crippen LogP contribution in [0.2, 0.25) is 0 Å². The van der Waals surface area contributed by atoms with Crippen molar-refractivity contribution < 1.29 is 14.2 Å². The fourth-order valence-electron chi connectivity index (χ4n) is 2.58. The van der Waals surface area contributed by atoms with Crippen LogP contribution < -0.4 is 24.8 Å². The summed E-state index contributed by atoms with van der Waals surface area (Å²) in [6.45, 7) is 2.92. The van der Waals surface area contributed by atoms with Crippen molar-refractivity contribution in [2.24, 2.45) is 0 Å². The summed E-state index contributed by atoms with van der Waals surface area (Å²) in [6.07, 6.45) is 3.99. The molecule has 0 fully saturated rings. The third-order valence-corrected chi connectivity index (χ3v) is 3.80. The number of rotatable bonds is 9. The van der Waals surface area contributed by atoms with Crippen molar-refractivity contribution in [1.82, 2.24) is 10.3 Å². The first-order valence-corrected chi connectivity index (χ1v) is 8.19. The molecular weight excluding hydrogens is 306 g/mol. The van der Waals surface area contributed by atoms with Crippen LogP contribution in [0.15, 0.2) is 36.5 Å². The Kier molecular flexibility index (Phi) is 5.74. The molecule has 1 aliphatic heterocycles. The molecule has 0 amide bonds. The van der Waals surface area contributed by atoms with Crippen LogP contribution in [0.25, 0.3) is 0 Å². The van der Waals surface area contributed by atoms with Gasteiger partial charge in [0, 0.05) is 19.3 Å². The third kappa shape index (κ3) is 4.29. The van der Waals surface area contributed by atoms with E-state index in [0.717, 1.165) is 55.4 Å². The molecule has 128 valence electrons. The molecule has 3 rings (SSSR count). The summed E-state index contributed by atoms with van der Waals surface area (Å²) in [7, 11) is 1.64. The van der Waals surface area contributed by atoms with Crippen LogP contribution >= 0.6 is 0 Å². The fraction of sp³-hybridized carbons (Fsp3) is 0.389. The lowest BCUT2D eigenvalue weighted by molar-refractivity contribution is 0.171. The van der Waals surface area contributed by atoms with E-state index in [2.05, 4.69) is 15.6 Å². The first-order chi connectivity index (χ1) is 11.9. The smallest absolute Gasteiger partial charge is 0.231 e. The monoisotopic (exact) mass is 329 g/mol. The minimum absolute atomic E-state index is 0.256. The second-order valence-electron chi connectivity index (χ2n) is 5.56. The number of pyridine rings is 1. The summed E-state index contributed by atoms with van der Waals surface area (Å²) in [6, 6.07) is 9.87. The second kappa shape index (κ2) is 8.40. The van der Waals surface area contributed by atoms with E-state index >= 15 is 0 Å². The number of nitrogens with one attached hydrogen (secondary N) is 2. The number of hydrogen-bond donors (Lipinski definition) is 2. The summed E-state index contributed by atoms with van der Waals surface area (Å²) in [5, 5.41) is 6.76. The van der Waals surface area contributed by atoms with Gasteiger partial charge in [-0.1, -0.05) is 6.07 Å². The minimum Gasteiger partial charge on any atom is -0.493 e. The third-order valence-electron chi connectivity index (χ3n) is 3.80. The molecule has 1 aromatic carbocycles. The molecule has 24 heavy (non-hydrogen) atoms. The largest absolute Gasteiger partial charge is 0.493 e. The van der Waals surface area contributed by atoms with E-state index in [-0.39, 0.29) is 6.79 Å². The zero-order valence-electron chi connectivity index (χ0n) is 13.9. The van der Waals surface area contributed by atoms with E-state index in [9.17, 15) is 0 Å². The number of methoxy groups -OCH3 is 1. The molecule has 2 N–H and O–H groups in total. The molecule has 0 aliphatic carbocycles. The maximum atomic E-state index is 5.44. The average Bonchev–Trinajstić information content (AvgIpc) is 3.09. The molecule has 0 saturated heterocycles. The molecule has 1 aromatic heterocycles. The highest BCUT2D eigenvalue weighted by molar-refractivity contribution is 5.55. The summed E-state index contributed by atoms with van der Waals surface area (Å²) >= 11 is 0. The van der Waals surface area contributed by atoms with Crippen molar-refractivity contribution in [3.8, 4) is 17.2 Å². The summed E-state index contributed by atoms with van der Waals surface area (Å²) in [4.78, 5) is 4.24. The van der Waals surface area contributed by atoms with Gasteiger partial charge >= 0.3 is 0 Å². The van der Waals surface area contributed by atoms with Gasteiger partial charge in [0.2, 0.25) is 12.5 Å². The topological polar surface area (TPSA) is 64.6 Å². The quantitative estimate of drug-likeness (QED) is 0.690. The molecule has 2 aromatic rings. The van der Waals surface area contributed by atoms with Gasteiger partial charge in [0.05, 0.1) is 7.11 Å². The van der Waals surface area contributed by atoms with Crippen LogP contribution in [-0.2, 0) is 6.54 Å². The Hall–Kier alpha value is -2.47. The lowest BCUT2D eigenvalue weighted by Gasteiger charge is -2.09. The molecule has 6 nitrogen and oxygen atoms in total. The Morgan fingerprint density at radius 3 is 2.92 bits per heavy atom. The maximum absolute atomic E-state index is 5.44. The number of anilines is 1. The lowest BCUT2D eigenvalue weighted by atomic mass is 10.2. The minimum atomic E-state index is 0.256. The highest BCUT2D eigenvalue weighted by Gasteiger charge is 2.19. The predicted octanol–water partition coefficient (Wildman–Crippen LogP) is 2.80. The number of benzene rings is 1. The standard InChI is InChI=1S/C18H23N3O3/c1-22-15-10-14(11-16-18(15)24-13-23-16)12-19-7-4-5-9-21-17-6-2-3-8-20-17/h2-3,6,8,10-11,19H,4-5,7,9,12-13H2,1H3,(H,20,21). The van der Waals surface area contributed by atoms with E-state index in [1.54, 1.807) is 13.3 Å². The Labute approximate surface area is 142 Å². The predicted molar refractivity (Wildman–Crippen MR) is 92.8 cm³/mol. The Balaban J connectivity index is 1.35. The summed E-state index contributed by atoms with van der Waals surface area (Å²) in [5.74, 6) is 3.10. The van der Waals surface area contributed by atoms with Crippen LogP contribution in [-0.4, -0.2) is 32.0 Å². The van der Waals surface area contributed by atoms with E-state index in [1.807, 2.05) is 30.3 Å². The van der Waals surface area contributed by atoms with Crippen molar-refractivity contribution in [3.05, 3.63) is 42.1 Å². The molecule has 0 unspecified atom stereocenters. The molecular formula is C18H23N3O3. The van der Waals surface area contributed by atoms with Gasteiger partial charge in [-0.3, -0.25) is 0 Å². The van der Waals surface area contributed by atoms with Crippen molar-refractivity contribution in [2.75, 3.05) is 32.3 Å². The molecule has 0 atom stereocenters. The molecule has 6 heteroatoms. The fourth-order valence-corrected chi connectivity index (χ4v) is 2.58. The maximum Gasteiger partial charge on any atom is 0.231 e. The number of fused-ring (bicyclic) bond motifs is 1. The van der Waals surface area contributed by atoms with Crippen molar-refractivity contribution in [2.45, 2.75) is 19.4 Å². The van der Waals surface area contributed by atoms with E-state index in [1.165, 1.54) is 0 Å². The molecule has 2 heterocycles. The lowest BCUT2D eigenvalue weighted by Crippen LogP contribution is -2.16. The second-order valence-corrected chi connectivity index (χ2v) is 5.56. The zero-order chi connectivity index (χ0) is 16.6. The number of nitrogens with zero attached hydrogens (tertiary/aromatic N) is 1. The SMILES string of the molecule is COc1cc(CNCCCCNc2ccccn2)cc2c1OCO2. The normalized spacial score (nSPS) is 12.2.